The molecular formula is C23H30FN7O2. The second-order valence-electron chi connectivity index (χ2n) is 8.59. The van der Waals surface area contributed by atoms with Crippen LogP contribution in [0.15, 0.2) is 35.9 Å². The number of nitrogens with zero attached hydrogens (tertiary/aromatic N) is 6. The molecule has 2 aliphatic heterocycles. The number of likely N-dealkylation sites (tertiary alicyclic amines) is 2. The molecule has 0 spiro atoms. The number of hydrogen-bond acceptors (Lipinski definition) is 8. The number of halogens is 1. The summed E-state index contributed by atoms with van der Waals surface area (Å²) in [5, 5.41) is 4.08. The van der Waals surface area contributed by atoms with Crippen molar-refractivity contribution in [3.63, 3.8) is 0 Å². The molecule has 4 rings (SSSR count). The van der Waals surface area contributed by atoms with Crippen LogP contribution in [0.1, 0.15) is 36.9 Å². The van der Waals surface area contributed by atoms with Crippen LogP contribution in [0.3, 0.4) is 0 Å². The van der Waals surface area contributed by atoms with Crippen LogP contribution in [-0.2, 0) is 16.2 Å². The highest BCUT2D eigenvalue weighted by Gasteiger charge is 2.33. The van der Waals surface area contributed by atoms with Crippen LogP contribution in [0.2, 0.25) is 0 Å². The number of nitrogens with two attached hydrogens (primary N) is 1. The maximum Gasteiger partial charge on any atom is 0.225 e. The highest BCUT2D eigenvalue weighted by molar-refractivity contribution is 6.00. The molecule has 1 amide bonds. The number of piperidine rings is 2. The lowest BCUT2D eigenvalue weighted by molar-refractivity contribution is -0.138. The van der Waals surface area contributed by atoms with Crippen molar-refractivity contribution >= 4 is 17.6 Å². The van der Waals surface area contributed by atoms with Gasteiger partial charge < -0.3 is 15.5 Å². The summed E-state index contributed by atoms with van der Waals surface area (Å²) in [7, 11) is 1.45. The predicted octanol–water partition coefficient (Wildman–Crippen LogP) is 2.09. The standard InChI is InChI=1S/C23H30FN7O2/c1-33-29-20(21-19(24)3-2-8-26-21)17-6-11-31(12-7-17)22(32)18-4-9-30(10-5-18)15-16-13-27-23(25)28-14-16/h2-3,8,13-14,17-18H,4-7,9-12,15H2,1H3,(H2,25,27,28)/b29-20+. The first kappa shape index (κ1) is 23.0. The van der Waals surface area contributed by atoms with Crippen molar-refractivity contribution in [1.82, 2.24) is 24.8 Å². The summed E-state index contributed by atoms with van der Waals surface area (Å²) in [5.74, 6) is 0.128. The zero-order chi connectivity index (χ0) is 23.2. The first-order chi connectivity index (χ1) is 16.0. The van der Waals surface area contributed by atoms with E-state index < -0.39 is 5.82 Å². The van der Waals surface area contributed by atoms with Gasteiger partial charge in [-0.3, -0.25) is 14.7 Å². The molecule has 9 nitrogen and oxygen atoms in total. The van der Waals surface area contributed by atoms with Crippen molar-refractivity contribution in [2.75, 3.05) is 39.0 Å². The van der Waals surface area contributed by atoms with Crippen LogP contribution >= 0.6 is 0 Å². The number of carbonyl (C=O) groups excluding carboxylic acids is 1. The Morgan fingerprint density at radius 3 is 2.42 bits per heavy atom. The monoisotopic (exact) mass is 455 g/mol. The molecule has 0 unspecified atom stereocenters. The van der Waals surface area contributed by atoms with Gasteiger partial charge in [-0.2, -0.15) is 0 Å². The summed E-state index contributed by atoms with van der Waals surface area (Å²) in [6, 6.07) is 2.93. The molecule has 2 aromatic heterocycles. The largest absolute Gasteiger partial charge is 0.399 e. The van der Waals surface area contributed by atoms with E-state index in [0.29, 0.717) is 31.6 Å². The van der Waals surface area contributed by atoms with Crippen LogP contribution in [0, 0.1) is 17.7 Å². The summed E-state index contributed by atoms with van der Waals surface area (Å²) in [6.07, 6.45) is 8.15. The van der Waals surface area contributed by atoms with E-state index in [1.54, 1.807) is 24.7 Å². The second kappa shape index (κ2) is 10.7. The zero-order valence-electron chi connectivity index (χ0n) is 18.9. The molecule has 0 bridgehead atoms. The number of anilines is 1. The summed E-state index contributed by atoms with van der Waals surface area (Å²) < 4.78 is 14.3. The molecule has 2 fully saturated rings. The number of hydrogen-bond donors (Lipinski definition) is 1. The van der Waals surface area contributed by atoms with E-state index in [1.165, 1.54) is 13.2 Å². The number of pyridine rings is 1. The quantitative estimate of drug-likeness (QED) is 0.525. The van der Waals surface area contributed by atoms with E-state index in [2.05, 4.69) is 25.0 Å². The van der Waals surface area contributed by atoms with Crippen molar-refractivity contribution in [2.45, 2.75) is 32.2 Å². The fourth-order valence-corrected chi connectivity index (χ4v) is 4.66. The van der Waals surface area contributed by atoms with Crippen molar-refractivity contribution in [2.24, 2.45) is 17.0 Å². The Labute approximate surface area is 192 Å². The average Bonchev–Trinajstić information content (AvgIpc) is 2.85. The second-order valence-corrected chi connectivity index (χ2v) is 8.59. The number of amides is 1. The van der Waals surface area contributed by atoms with Gasteiger partial charge in [-0.15, -0.1) is 0 Å². The van der Waals surface area contributed by atoms with E-state index >= 15 is 0 Å². The maximum atomic E-state index is 14.3. The van der Waals surface area contributed by atoms with E-state index in [4.69, 9.17) is 10.6 Å². The van der Waals surface area contributed by atoms with Gasteiger partial charge in [0.15, 0.2) is 5.82 Å². The Morgan fingerprint density at radius 2 is 1.79 bits per heavy atom. The van der Waals surface area contributed by atoms with Gasteiger partial charge in [0.2, 0.25) is 11.9 Å². The Balaban J connectivity index is 1.28. The van der Waals surface area contributed by atoms with Gasteiger partial charge in [0, 0.05) is 55.6 Å². The summed E-state index contributed by atoms with van der Waals surface area (Å²) in [5.41, 5.74) is 7.31. The third-order valence-corrected chi connectivity index (χ3v) is 6.45. The molecule has 0 aliphatic carbocycles. The molecule has 2 saturated heterocycles. The molecule has 2 aromatic rings. The highest BCUT2D eigenvalue weighted by atomic mass is 19.1. The van der Waals surface area contributed by atoms with E-state index in [0.717, 1.165) is 38.0 Å². The van der Waals surface area contributed by atoms with Gasteiger partial charge in [-0.1, -0.05) is 5.16 Å². The molecular weight excluding hydrogens is 425 g/mol. The number of carbonyl (C=O) groups is 1. The molecule has 33 heavy (non-hydrogen) atoms. The lowest BCUT2D eigenvalue weighted by Crippen LogP contribution is -2.46. The van der Waals surface area contributed by atoms with Crippen LogP contribution in [0.25, 0.3) is 0 Å². The van der Waals surface area contributed by atoms with Crippen molar-refractivity contribution in [3.8, 4) is 0 Å². The summed E-state index contributed by atoms with van der Waals surface area (Å²) in [6.45, 7) is 3.74. The van der Waals surface area contributed by atoms with Gasteiger partial charge in [0.05, 0.1) is 0 Å². The first-order valence-corrected chi connectivity index (χ1v) is 11.3. The number of nitrogen functional groups attached to an aromatic ring is 1. The molecule has 0 aromatic carbocycles. The molecule has 0 radical (unpaired) electrons. The fourth-order valence-electron chi connectivity index (χ4n) is 4.66. The molecule has 0 saturated carbocycles. The van der Waals surface area contributed by atoms with E-state index in [-0.39, 0.29) is 29.4 Å². The summed E-state index contributed by atoms with van der Waals surface area (Å²) >= 11 is 0. The molecule has 4 heterocycles. The lowest BCUT2D eigenvalue weighted by atomic mass is 9.88. The minimum atomic E-state index is -0.413. The molecule has 2 N–H and O–H groups in total. The van der Waals surface area contributed by atoms with Crippen molar-refractivity contribution in [1.29, 1.82) is 0 Å². The Morgan fingerprint density at radius 1 is 1.12 bits per heavy atom. The smallest absolute Gasteiger partial charge is 0.225 e. The number of aromatic nitrogens is 3. The third kappa shape index (κ3) is 5.62. The Bertz CT molecular complexity index is 969. The SMILES string of the molecule is CO/N=C(/c1ncccc1F)C1CCN(C(=O)C2CCN(Cc3cnc(N)nc3)CC2)CC1. The van der Waals surface area contributed by atoms with Crippen LogP contribution in [0.5, 0.6) is 0 Å². The Kier molecular flexibility index (Phi) is 7.43. The summed E-state index contributed by atoms with van der Waals surface area (Å²) in [4.78, 5) is 34.6. The van der Waals surface area contributed by atoms with Crippen molar-refractivity contribution < 1.29 is 14.0 Å². The highest BCUT2D eigenvalue weighted by Crippen LogP contribution is 2.27. The van der Waals surface area contributed by atoms with Gasteiger partial charge >= 0.3 is 0 Å². The van der Waals surface area contributed by atoms with Gasteiger partial charge in [0.25, 0.3) is 0 Å². The van der Waals surface area contributed by atoms with Crippen LogP contribution < -0.4 is 5.73 Å². The molecule has 176 valence electrons. The maximum absolute atomic E-state index is 14.3. The number of oxime groups is 1. The van der Waals surface area contributed by atoms with Crippen LogP contribution in [-0.4, -0.2) is 69.7 Å². The average molecular weight is 456 g/mol. The van der Waals surface area contributed by atoms with Crippen LogP contribution in [0.4, 0.5) is 10.3 Å². The normalized spacial score (nSPS) is 19.0. The predicted molar refractivity (Wildman–Crippen MR) is 121 cm³/mol. The van der Waals surface area contributed by atoms with E-state index in [9.17, 15) is 9.18 Å². The molecule has 2 aliphatic rings. The minimum absolute atomic E-state index is 0.00220. The van der Waals surface area contributed by atoms with Gasteiger partial charge in [-0.05, 0) is 50.9 Å². The Hall–Kier alpha value is -3.14. The minimum Gasteiger partial charge on any atom is -0.399 e. The fraction of sp³-hybridized carbons (Fsp3) is 0.522. The zero-order valence-corrected chi connectivity index (χ0v) is 18.9. The first-order valence-electron chi connectivity index (χ1n) is 11.3. The third-order valence-electron chi connectivity index (χ3n) is 6.45. The van der Waals surface area contributed by atoms with Gasteiger partial charge in [-0.25, -0.2) is 14.4 Å². The van der Waals surface area contributed by atoms with Crippen molar-refractivity contribution in [3.05, 3.63) is 47.8 Å². The van der Waals surface area contributed by atoms with E-state index in [1.807, 2.05) is 4.90 Å². The lowest BCUT2D eigenvalue weighted by Gasteiger charge is -2.37. The molecule has 0 atom stereocenters. The topological polar surface area (TPSA) is 110 Å². The molecule has 10 heteroatoms. The number of rotatable bonds is 6. The van der Waals surface area contributed by atoms with Gasteiger partial charge in [0.1, 0.15) is 18.5 Å².